The van der Waals surface area contributed by atoms with Gasteiger partial charge in [0.25, 0.3) is 0 Å². The van der Waals surface area contributed by atoms with Crippen LogP contribution >= 0.6 is 0 Å². The van der Waals surface area contributed by atoms with E-state index in [9.17, 15) is 4.79 Å². The summed E-state index contributed by atoms with van der Waals surface area (Å²) in [7, 11) is 3.40. The smallest absolute Gasteiger partial charge is 0.317 e. The summed E-state index contributed by atoms with van der Waals surface area (Å²) in [5.41, 5.74) is 1.01. The van der Waals surface area contributed by atoms with Crippen molar-refractivity contribution in [1.82, 2.24) is 15.2 Å². The molecule has 2 rings (SSSR count). The molecule has 0 unspecified atom stereocenters. The third kappa shape index (κ3) is 4.80. The maximum Gasteiger partial charge on any atom is 0.317 e. The minimum atomic E-state index is -0.119. The molecule has 7 heteroatoms. The van der Waals surface area contributed by atoms with Gasteiger partial charge >= 0.3 is 6.03 Å². The van der Waals surface area contributed by atoms with Gasteiger partial charge in [-0.05, 0) is 13.0 Å². The fourth-order valence-electron chi connectivity index (χ4n) is 2.48. The molecule has 0 bridgehead atoms. The molecule has 0 aromatic carbocycles. The first-order valence-corrected chi connectivity index (χ1v) is 7.89. The molecule has 7 nitrogen and oxygen atoms in total. The Morgan fingerprint density at radius 1 is 1.52 bits per heavy atom. The lowest BCUT2D eigenvalue weighted by atomic mass is 10.2. The van der Waals surface area contributed by atoms with Gasteiger partial charge in [-0.15, -0.1) is 0 Å². The van der Waals surface area contributed by atoms with E-state index in [-0.39, 0.29) is 12.1 Å². The molecule has 23 heavy (non-hydrogen) atoms. The molecule has 0 radical (unpaired) electrons. The highest BCUT2D eigenvalue weighted by Crippen LogP contribution is 2.18. The van der Waals surface area contributed by atoms with Crippen LogP contribution in [0.3, 0.4) is 0 Å². The monoisotopic (exact) mass is 322 g/mol. The highest BCUT2D eigenvalue weighted by molar-refractivity contribution is 5.74. The van der Waals surface area contributed by atoms with E-state index >= 15 is 0 Å². The van der Waals surface area contributed by atoms with Crippen molar-refractivity contribution in [2.45, 2.75) is 19.5 Å². The van der Waals surface area contributed by atoms with Gasteiger partial charge in [0, 0.05) is 45.6 Å². The number of rotatable bonds is 6. The number of methoxy groups -OCH3 is 1. The number of morpholine rings is 1. The minimum Gasteiger partial charge on any atom is -0.383 e. The van der Waals surface area contributed by atoms with Gasteiger partial charge in [-0.3, -0.25) is 0 Å². The lowest BCUT2D eigenvalue weighted by Gasteiger charge is -2.30. The van der Waals surface area contributed by atoms with E-state index in [1.807, 2.05) is 19.1 Å². The summed E-state index contributed by atoms with van der Waals surface area (Å²) < 4.78 is 10.5. The lowest BCUT2D eigenvalue weighted by molar-refractivity contribution is 0.122. The van der Waals surface area contributed by atoms with Crippen molar-refractivity contribution < 1.29 is 14.3 Å². The van der Waals surface area contributed by atoms with Crippen LogP contribution in [0.1, 0.15) is 12.5 Å². The van der Waals surface area contributed by atoms with E-state index in [0.717, 1.165) is 24.5 Å². The van der Waals surface area contributed by atoms with Crippen molar-refractivity contribution in [2.75, 3.05) is 52.0 Å². The van der Waals surface area contributed by atoms with Gasteiger partial charge in [0.15, 0.2) is 0 Å². The van der Waals surface area contributed by atoms with Gasteiger partial charge in [-0.2, -0.15) is 0 Å². The second kappa shape index (κ2) is 8.69. The largest absolute Gasteiger partial charge is 0.383 e. The van der Waals surface area contributed by atoms with Crippen LogP contribution in [0, 0.1) is 0 Å². The Morgan fingerprint density at radius 2 is 2.26 bits per heavy atom. The van der Waals surface area contributed by atoms with Crippen LogP contribution in [0.25, 0.3) is 0 Å². The summed E-state index contributed by atoms with van der Waals surface area (Å²) in [5, 5.41) is 2.95. The highest BCUT2D eigenvalue weighted by atomic mass is 16.5. The molecule has 1 fully saturated rings. The normalized spacial score (nSPS) is 16.0. The zero-order chi connectivity index (χ0) is 16.7. The summed E-state index contributed by atoms with van der Waals surface area (Å²) in [4.78, 5) is 20.5. The zero-order valence-corrected chi connectivity index (χ0v) is 14.1. The molecule has 1 atom stereocenters. The van der Waals surface area contributed by atoms with E-state index < -0.39 is 0 Å². The van der Waals surface area contributed by atoms with Gasteiger partial charge in [0.1, 0.15) is 5.82 Å². The molecule has 2 heterocycles. The topological polar surface area (TPSA) is 66.9 Å². The van der Waals surface area contributed by atoms with Gasteiger partial charge in [-0.25, -0.2) is 9.78 Å². The first kappa shape index (κ1) is 17.5. The van der Waals surface area contributed by atoms with Crippen molar-refractivity contribution in [3.05, 3.63) is 23.9 Å². The van der Waals surface area contributed by atoms with Crippen LogP contribution in [0.4, 0.5) is 10.6 Å². The quantitative estimate of drug-likeness (QED) is 0.849. The summed E-state index contributed by atoms with van der Waals surface area (Å²) in [6, 6.07) is 3.79. The van der Waals surface area contributed by atoms with Crippen LogP contribution in [0.2, 0.25) is 0 Å². The second-order valence-electron chi connectivity index (χ2n) is 5.66. The van der Waals surface area contributed by atoms with E-state index in [2.05, 4.69) is 15.2 Å². The first-order chi connectivity index (χ1) is 11.1. The number of ether oxygens (including phenoxy) is 2. The van der Waals surface area contributed by atoms with Crippen LogP contribution in [-0.2, 0) is 16.0 Å². The molecule has 1 aliphatic heterocycles. The van der Waals surface area contributed by atoms with E-state index in [1.165, 1.54) is 0 Å². The summed E-state index contributed by atoms with van der Waals surface area (Å²) >= 11 is 0. The summed E-state index contributed by atoms with van der Waals surface area (Å²) in [6.07, 6.45) is 1.78. The van der Waals surface area contributed by atoms with Crippen molar-refractivity contribution >= 4 is 11.8 Å². The molecule has 1 aromatic heterocycles. The lowest BCUT2D eigenvalue weighted by Crippen LogP contribution is -2.44. The second-order valence-corrected chi connectivity index (χ2v) is 5.66. The summed E-state index contributed by atoms with van der Waals surface area (Å²) in [6.45, 7) is 5.97. The Kier molecular flexibility index (Phi) is 6.61. The third-order valence-corrected chi connectivity index (χ3v) is 4.00. The zero-order valence-electron chi connectivity index (χ0n) is 14.1. The Balaban J connectivity index is 1.96. The highest BCUT2D eigenvalue weighted by Gasteiger charge is 2.18. The molecular weight excluding hydrogens is 296 g/mol. The fourth-order valence-corrected chi connectivity index (χ4v) is 2.48. The fraction of sp³-hybridized carbons (Fsp3) is 0.625. The molecular formula is C16H26N4O3. The number of carbonyl (C=O) groups is 1. The SMILES string of the molecule is COC[C@H](C)N(C)C(=O)NCc1cccnc1N1CCOCC1. The maximum atomic E-state index is 12.2. The summed E-state index contributed by atoms with van der Waals surface area (Å²) in [5.74, 6) is 0.920. The molecule has 1 aromatic rings. The number of nitrogens with zero attached hydrogens (tertiary/aromatic N) is 3. The predicted molar refractivity (Wildman–Crippen MR) is 88.6 cm³/mol. The number of urea groups is 1. The van der Waals surface area contributed by atoms with E-state index in [0.29, 0.717) is 26.4 Å². The van der Waals surface area contributed by atoms with Crippen molar-refractivity contribution in [3.63, 3.8) is 0 Å². The predicted octanol–water partition coefficient (Wildman–Crippen LogP) is 1.09. The van der Waals surface area contributed by atoms with Gasteiger partial charge in [-0.1, -0.05) is 6.07 Å². The van der Waals surface area contributed by atoms with Crippen LogP contribution in [-0.4, -0.2) is 69.0 Å². The number of pyridine rings is 1. The first-order valence-electron chi connectivity index (χ1n) is 7.89. The molecule has 0 aliphatic carbocycles. The third-order valence-electron chi connectivity index (χ3n) is 4.00. The van der Waals surface area contributed by atoms with Crippen LogP contribution in [0.5, 0.6) is 0 Å². The molecule has 0 saturated carbocycles. The molecule has 128 valence electrons. The maximum absolute atomic E-state index is 12.2. The van der Waals surface area contributed by atoms with Gasteiger partial charge in [0.2, 0.25) is 0 Å². The molecule has 1 aliphatic rings. The Hall–Kier alpha value is -1.86. The molecule has 1 N–H and O–H groups in total. The van der Waals surface area contributed by atoms with Crippen molar-refractivity contribution in [2.24, 2.45) is 0 Å². The number of aromatic nitrogens is 1. The number of likely N-dealkylation sites (N-methyl/N-ethyl adjacent to an activating group) is 1. The number of anilines is 1. The minimum absolute atomic E-state index is 0.0209. The van der Waals surface area contributed by atoms with E-state index in [1.54, 1.807) is 25.3 Å². The Labute approximate surface area is 137 Å². The number of hydrogen-bond donors (Lipinski definition) is 1. The van der Waals surface area contributed by atoms with Crippen LogP contribution in [0.15, 0.2) is 18.3 Å². The molecule has 2 amide bonds. The van der Waals surface area contributed by atoms with Crippen molar-refractivity contribution in [3.8, 4) is 0 Å². The number of hydrogen-bond acceptors (Lipinski definition) is 5. The standard InChI is InChI=1S/C16H26N4O3/c1-13(12-22-3)19(2)16(21)18-11-14-5-4-6-17-15(14)20-7-9-23-10-8-20/h4-6,13H,7-12H2,1-3H3,(H,18,21)/t13-/m0/s1. The number of carbonyl (C=O) groups excluding carboxylic acids is 1. The van der Waals surface area contributed by atoms with Gasteiger partial charge < -0.3 is 24.6 Å². The van der Waals surface area contributed by atoms with Gasteiger partial charge in [0.05, 0.1) is 25.9 Å². The average molecular weight is 322 g/mol. The Bertz CT molecular complexity index is 506. The van der Waals surface area contributed by atoms with Crippen molar-refractivity contribution in [1.29, 1.82) is 0 Å². The number of nitrogens with one attached hydrogen (secondary N) is 1. The molecule has 1 saturated heterocycles. The van der Waals surface area contributed by atoms with Crippen LogP contribution < -0.4 is 10.2 Å². The number of amides is 2. The average Bonchev–Trinajstić information content (AvgIpc) is 2.60. The Morgan fingerprint density at radius 3 is 2.96 bits per heavy atom. The molecule has 0 spiro atoms. The van der Waals surface area contributed by atoms with E-state index in [4.69, 9.17) is 9.47 Å².